The Morgan fingerprint density at radius 3 is 2.48 bits per heavy atom. The van der Waals surface area contributed by atoms with Crippen molar-refractivity contribution >= 4 is 18.1 Å². The van der Waals surface area contributed by atoms with E-state index in [1.54, 1.807) is 6.07 Å². The molecular weight excluding hydrogens is 269 g/mol. The van der Waals surface area contributed by atoms with E-state index in [1.165, 1.54) is 16.9 Å². The molecule has 1 saturated heterocycles. The first-order valence-electron chi connectivity index (χ1n) is 6.71. The van der Waals surface area contributed by atoms with E-state index in [0.29, 0.717) is 16.5 Å². The highest BCUT2D eigenvalue weighted by atomic mass is 16.7. The second kappa shape index (κ2) is 4.23. The maximum Gasteiger partial charge on any atom is 0.497 e. The molecule has 1 N–H and O–H groups in total. The summed E-state index contributed by atoms with van der Waals surface area (Å²) in [6.45, 7) is 7.81. The van der Waals surface area contributed by atoms with Crippen LogP contribution in [0.2, 0.25) is 0 Å². The fraction of sp³-hybridized carbons (Fsp3) is 0.429. The number of fused-ring (bicyclic) bond motifs is 1. The van der Waals surface area contributed by atoms with Gasteiger partial charge in [0.1, 0.15) is 11.8 Å². The summed E-state index contributed by atoms with van der Waals surface area (Å²) in [5, 5.41) is 23.2. The van der Waals surface area contributed by atoms with Crippen LogP contribution in [0.4, 0.5) is 0 Å². The maximum atomic E-state index is 9.86. The molecule has 2 aromatic heterocycles. The van der Waals surface area contributed by atoms with Gasteiger partial charge in [-0.2, -0.15) is 10.4 Å². The highest BCUT2D eigenvalue weighted by molar-refractivity contribution is 6.64. The van der Waals surface area contributed by atoms with Crippen molar-refractivity contribution < 1.29 is 14.4 Å². The Morgan fingerprint density at radius 1 is 1.29 bits per heavy atom. The monoisotopic (exact) mass is 285 g/mol. The Kier molecular flexibility index (Phi) is 2.80. The predicted octanol–water partition coefficient (Wildman–Crippen LogP) is 1.21. The fourth-order valence-corrected chi connectivity index (χ4v) is 2.37. The van der Waals surface area contributed by atoms with E-state index in [9.17, 15) is 10.4 Å². The first-order valence-corrected chi connectivity index (χ1v) is 6.71. The quantitative estimate of drug-likeness (QED) is 0.797. The fourth-order valence-electron chi connectivity index (χ4n) is 2.37. The van der Waals surface area contributed by atoms with Crippen LogP contribution in [0.5, 0.6) is 5.75 Å². The lowest BCUT2D eigenvalue weighted by Gasteiger charge is -2.32. The minimum Gasteiger partial charge on any atom is -0.506 e. The third-order valence-corrected chi connectivity index (χ3v) is 4.25. The molecule has 3 heterocycles. The van der Waals surface area contributed by atoms with Gasteiger partial charge in [0.05, 0.1) is 34.7 Å². The van der Waals surface area contributed by atoms with Gasteiger partial charge in [0.25, 0.3) is 0 Å². The SMILES string of the molecule is CC1(C)OB(c2cc(O)cn3ncc(C#N)c23)OC1(C)C. The first-order chi connectivity index (χ1) is 9.75. The van der Waals surface area contributed by atoms with Crippen molar-refractivity contribution in [1.29, 1.82) is 5.26 Å². The number of hydrogen-bond donors (Lipinski definition) is 1. The standard InChI is InChI=1S/C14H16BN3O3/c1-13(2)14(3,4)21-15(20-13)11-5-10(19)8-18-12(11)9(6-16)7-17-18/h5,7-8,19H,1-4H3. The summed E-state index contributed by atoms with van der Waals surface area (Å²) < 4.78 is 13.5. The van der Waals surface area contributed by atoms with Crippen LogP contribution in [0.1, 0.15) is 33.3 Å². The van der Waals surface area contributed by atoms with Gasteiger partial charge in [-0.05, 0) is 33.8 Å². The first kappa shape index (κ1) is 13.9. The lowest BCUT2D eigenvalue weighted by atomic mass is 9.78. The van der Waals surface area contributed by atoms with Gasteiger partial charge in [-0.1, -0.05) is 0 Å². The van der Waals surface area contributed by atoms with Crippen LogP contribution >= 0.6 is 0 Å². The minimum absolute atomic E-state index is 0.0415. The van der Waals surface area contributed by atoms with Gasteiger partial charge in [-0.3, -0.25) is 0 Å². The topological polar surface area (TPSA) is 79.8 Å². The van der Waals surface area contributed by atoms with E-state index < -0.39 is 18.3 Å². The van der Waals surface area contributed by atoms with E-state index in [1.807, 2.05) is 27.7 Å². The molecule has 1 aliphatic heterocycles. The molecule has 2 aromatic rings. The molecule has 0 aromatic carbocycles. The molecular formula is C14H16BN3O3. The molecule has 108 valence electrons. The minimum atomic E-state index is -0.659. The van der Waals surface area contributed by atoms with Crippen LogP contribution in [0.3, 0.4) is 0 Å². The molecule has 0 amide bonds. The maximum absolute atomic E-state index is 9.86. The number of pyridine rings is 1. The van der Waals surface area contributed by atoms with Crippen molar-refractivity contribution in [1.82, 2.24) is 9.61 Å². The summed E-state index contributed by atoms with van der Waals surface area (Å²) in [5.41, 5.74) is 0.621. The van der Waals surface area contributed by atoms with Crippen molar-refractivity contribution in [3.63, 3.8) is 0 Å². The number of hydrogen-bond acceptors (Lipinski definition) is 5. The molecule has 0 saturated carbocycles. The highest BCUT2D eigenvalue weighted by Gasteiger charge is 2.52. The zero-order valence-electron chi connectivity index (χ0n) is 12.4. The number of aromatic nitrogens is 2. The van der Waals surface area contributed by atoms with Crippen LogP contribution in [0.25, 0.3) is 5.52 Å². The van der Waals surface area contributed by atoms with Gasteiger partial charge in [-0.25, -0.2) is 4.52 Å². The second-order valence-corrected chi connectivity index (χ2v) is 6.21. The summed E-state index contributed by atoms with van der Waals surface area (Å²) in [7, 11) is -0.659. The molecule has 0 unspecified atom stereocenters. The van der Waals surface area contributed by atoms with E-state index in [0.717, 1.165) is 0 Å². The zero-order chi connectivity index (χ0) is 15.4. The van der Waals surface area contributed by atoms with Gasteiger partial charge >= 0.3 is 7.12 Å². The molecule has 6 nitrogen and oxygen atoms in total. The lowest BCUT2D eigenvalue weighted by molar-refractivity contribution is 0.00578. The van der Waals surface area contributed by atoms with E-state index in [-0.39, 0.29) is 5.75 Å². The summed E-state index contributed by atoms with van der Waals surface area (Å²) in [5.74, 6) is 0.0415. The Morgan fingerprint density at radius 2 is 1.90 bits per heavy atom. The zero-order valence-corrected chi connectivity index (χ0v) is 12.4. The molecule has 0 bridgehead atoms. The lowest BCUT2D eigenvalue weighted by Crippen LogP contribution is -2.41. The molecule has 0 aliphatic carbocycles. The van der Waals surface area contributed by atoms with Crippen molar-refractivity contribution in [2.45, 2.75) is 38.9 Å². The molecule has 1 aliphatic rings. The van der Waals surface area contributed by atoms with Crippen molar-refractivity contribution in [2.75, 3.05) is 0 Å². The molecule has 3 rings (SSSR count). The smallest absolute Gasteiger partial charge is 0.497 e. The van der Waals surface area contributed by atoms with Crippen molar-refractivity contribution in [3.8, 4) is 11.8 Å². The molecule has 1 fully saturated rings. The third kappa shape index (κ3) is 1.99. The van der Waals surface area contributed by atoms with E-state index in [4.69, 9.17) is 9.31 Å². The van der Waals surface area contributed by atoms with Crippen LogP contribution < -0.4 is 5.46 Å². The summed E-state index contributed by atoms with van der Waals surface area (Å²) >= 11 is 0. The largest absolute Gasteiger partial charge is 0.506 e. The predicted molar refractivity (Wildman–Crippen MR) is 77.3 cm³/mol. The average Bonchev–Trinajstić information content (AvgIpc) is 2.87. The molecule has 0 radical (unpaired) electrons. The second-order valence-electron chi connectivity index (χ2n) is 6.21. The highest BCUT2D eigenvalue weighted by Crippen LogP contribution is 2.37. The Labute approximate surface area is 123 Å². The number of aromatic hydroxyl groups is 1. The van der Waals surface area contributed by atoms with Crippen LogP contribution in [0.15, 0.2) is 18.5 Å². The third-order valence-electron chi connectivity index (χ3n) is 4.25. The van der Waals surface area contributed by atoms with Gasteiger partial charge in [-0.15, -0.1) is 0 Å². The van der Waals surface area contributed by atoms with Crippen molar-refractivity contribution in [2.24, 2.45) is 0 Å². The molecule has 0 atom stereocenters. The van der Waals surface area contributed by atoms with Gasteiger partial charge < -0.3 is 14.4 Å². The Hall–Kier alpha value is -2.04. The van der Waals surface area contributed by atoms with Gasteiger partial charge in [0.2, 0.25) is 0 Å². The van der Waals surface area contributed by atoms with Crippen molar-refractivity contribution in [3.05, 3.63) is 24.0 Å². The van der Waals surface area contributed by atoms with Crippen LogP contribution in [-0.2, 0) is 9.31 Å². The Balaban J connectivity index is 2.18. The number of nitriles is 1. The van der Waals surface area contributed by atoms with Crippen LogP contribution in [0, 0.1) is 11.3 Å². The van der Waals surface area contributed by atoms with Gasteiger partial charge in [0.15, 0.2) is 0 Å². The normalized spacial score (nSPS) is 19.9. The average molecular weight is 285 g/mol. The summed E-state index contributed by atoms with van der Waals surface area (Å²) in [6.07, 6.45) is 2.91. The Bertz CT molecular complexity index is 745. The molecule has 21 heavy (non-hydrogen) atoms. The number of rotatable bonds is 1. The van der Waals surface area contributed by atoms with Crippen LogP contribution in [-0.4, -0.2) is 33.0 Å². The summed E-state index contributed by atoms with van der Waals surface area (Å²) in [4.78, 5) is 0. The van der Waals surface area contributed by atoms with E-state index >= 15 is 0 Å². The molecule has 7 heteroatoms. The number of nitrogens with zero attached hydrogens (tertiary/aromatic N) is 3. The molecule has 0 spiro atoms. The van der Waals surface area contributed by atoms with Gasteiger partial charge in [0, 0.05) is 5.46 Å². The summed E-state index contributed by atoms with van der Waals surface area (Å²) in [6, 6.07) is 3.65. The van der Waals surface area contributed by atoms with E-state index in [2.05, 4.69) is 11.2 Å².